The highest BCUT2D eigenvalue weighted by Gasteiger charge is 2.39. The molecule has 3 aliphatic rings. The summed E-state index contributed by atoms with van der Waals surface area (Å²) in [4.78, 5) is 40.6. The van der Waals surface area contributed by atoms with Gasteiger partial charge in [0.25, 0.3) is 5.91 Å². The van der Waals surface area contributed by atoms with Gasteiger partial charge in [0.1, 0.15) is 11.7 Å². The lowest BCUT2D eigenvalue weighted by molar-refractivity contribution is -0.147. The lowest BCUT2D eigenvalue weighted by Gasteiger charge is -2.32. The van der Waals surface area contributed by atoms with Crippen molar-refractivity contribution in [3.05, 3.63) is 58.1 Å². The van der Waals surface area contributed by atoms with Crippen LogP contribution in [0.4, 0.5) is 0 Å². The van der Waals surface area contributed by atoms with Crippen LogP contribution >= 0.6 is 11.8 Å². The Morgan fingerprint density at radius 3 is 2.68 bits per heavy atom. The Balaban J connectivity index is 1.53. The minimum absolute atomic E-state index is 0.100. The molecule has 1 N–H and O–H groups in total. The number of carboxylic acid groups (broad SMARTS) is 1. The second kappa shape index (κ2) is 7.83. The molecule has 0 spiro atoms. The summed E-state index contributed by atoms with van der Waals surface area (Å²) in [5, 5.41) is 12.8. The van der Waals surface area contributed by atoms with Gasteiger partial charge < -0.3 is 10.0 Å². The van der Waals surface area contributed by atoms with E-state index in [0.717, 1.165) is 12.8 Å². The van der Waals surface area contributed by atoms with E-state index in [-0.39, 0.29) is 23.4 Å². The summed E-state index contributed by atoms with van der Waals surface area (Å²) < 4.78 is 0. The zero-order valence-corrected chi connectivity index (χ0v) is 16.2. The summed E-state index contributed by atoms with van der Waals surface area (Å²) in [6.07, 6.45) is 4.99. The second-order valence-electron chi connectivity index (χ2n) is 7.34. The highest BCUT2D eigenvalue weighted by molar-refractivity contribution is 8.05. The Morgan fingerprint density at radius 1 is 1.11 bits per heavy atom. The number of nitrogens with zero attached hydrogens (tertiary/aromatic N) is 2. The number of carbonyl (C=O) groups excluding carboxylic acids is 2. The van der Waals surface area contributed by atoms with Crippen LogP contribution in [0, 0.1) is 5.92 Å². The van der Waals surface area contributed by atoms with Crippen LogP contribution in [0.15, 0.2) is 47.0 Å². The molecule has 6 nitrogen and oxygen atoms in total. The van der Waals surface area contributed by atoms with Gasteiger partial charge in [-0.1, -0.05) is 24.3 Å². The fourth-order valence-electron chi connectivity index (χ4n) is 4.20. The van der Waals surface area contributed by atoms with Gasteiger partial charge in [0.2, 0.25) is 5.91 Å². The number of thioether (sulfide) groups is 1. The van der Waals surface area contributed by atoms with Crippen molar-refractivity contribution in [3.63, 3.8) is 0 Å². The van der Waals surface area contributed by atoms with Gasteiger partial charge in [-0.3, -0.25) is 14.5 Å². The van der Waals surface area contributed by atoms with E-state index < -0.39 is 12.0 Å². The van der Waals surface area contributed by atoms with E-state index >= 15 is 0 Å². The summed E-state index contributed by atoms with van der Waals surface area (Å²) >= 11 is 1.32. The summed E-state index contributed by atoms with van der Waals surface area (Å²) in [5.74, 6) is -1.66. The van der Waals surface area contributed by atoms with Gasteiger partial charge in [-0.2, -0.15) is 0 Å². The molecular weight excluding hydrogens is 376 g/mol. The molecule has 2 atom stereocenters. The van der Waals surface area contributed by atoms with Crippen molar-refractivity contribution in [1.82, 2.24) is 9.80 Å². The summed E-state index contributed by atoms with van der Waals surface area (Å²) in [7, 11) is 0. The van der Waals surface area contributed by atoms with Gasteiger partial charge in [-0.15, -0.1) is 11.8 Å². The van der Waals surface area contributed by atoms with E-state index in [2.05, 4.69) is 12.1 Å². The molecule has 4 rings (SSSR count). The number of carbonyl (C=O) groups is 3. The van der Waals surface area contributed by atoms with E-state index in [9.17, 15) is 19.5 Å². The van der Waals surface area contributed by atoms with Gasteiger partial charge in [-0.05, 0) is 48.6 Å². The predicted molar refractivity (Wildman–Crippen MR) is 106 cm³/mol. The van der Waals surface area contributed by atoms with Crippen LogP contribution < -0.4 is 0 Å². The fraction of sp³-hybridized carbons (Fsp3) is 0.381. The molecule has 0 bridgehead atoms. The highest BCUT2D eigenvalue weighted by atomic mass is 32.2. The first-order valence-corrected chi connectivity index (χ1v) is 10.5. The molecule has 1 fully saturated rings. The first-order chi connectivity index (χ1) is 13.6. The summed E-state index contributed by atoms with van der Waals surface area (Å²) in [6, 6.07) is 7.34. The molecule has 0 aromatic heterocycles. The zero-order chi connectivity index (χ0) is 19.7. The first-order valence-electron chi connectivity index (χ1n) is 9.52. The fourth-order valence-corrected chi connectivity index (χ4v) is 4.82. The molecule has 2 aliphatic heterocycles. The Hall–Kier alpha value is -2.54. The summed E-state index contributed by atoms with van der Waals surface area (Å²) in [5.41, 5.74) is 2.72. The molecular formula is C21H22N2O4S. The maximum Gasteiger partial charge on any atom is 0.326 e. The van der Waals surface area contributed by atoms with Crippen molar-refractivity contribution >= 4 is 29.5 Å². The Morgan fingerprint density at radius 2 is 1.89 bits per heavy atom. The molecule has 146 valence electrons. The number of benzene rings is 1. The van der Waals surface area contributed by atoms with E-state index in [1.807, 2.05) is 12.1 Å². The van der Waals surface area contributed by atoms with Crippen molar-refractivity contribution in [2.45, 2.75) is 38.1 Å². The van der Waals surface area contributed by atoms with Crippen LogP contribution in [0.3, 0.4) is 0 Å². The smallest absolute Gasteiger partial charge is 0.326 e. The van der Waals surface area contributed by atoms with E-state index in [1.54, 1.807) is 17.0 Å². The van der Waals surface area contributed by atoms with Gasteiger partial charge >= 0.3 is 5.97 Å². The number of rotatable bonds is 3. The van der Waals surface area contributed by atoms with Crippen LogP contribution in [0.1, 0.15) is 30.4 Å². The minimum Gasteiger partial charge on any atom is -0.480 e. The molecule has 1 aromatic rings. The highest BCUT2D eigenvalue weighted by Crippen LogP contribution is 2.31. The molecule has 0 radical (unpaired) electrons. The Bertz CT molecular complexity index is 879. The molecule has 1 unspecified atom stereocenters. The minimum atomic E-state index is -0.993. The number of amides is 2. The van der Waals surface area contributed by atoms with Gasteiger partial charge in [0.15, 0.2) is 0 Å². The lowest BCUT2D eigenvalue weighted by atomic mass is 9.83. The molecule has 28 heavy (non-hydrogen) atoms. The standard InChI is InChI=1S/C21H22N2O4S/c24-19(16-8-7-14-4-1-2-5-15(14)12-16)23-10-11-28-13-18(23)20(25)22-9-3-6-17(22)21(26)27/h1-2,4-5,10-11,13,16-17H,3,6-9,12H2,(H,26,27)/t16?,17-/m0/s1. The zero-order valence-electron chi connectivity index (χ0n) is 15.4. The molecule has 2 amide bonds. The number of aryl methyl sites for hydroxylation is 1. The first kappa shape index (κ1) is 18.8. The van der Waals surface area contributed by atoms with Crippen LogP contribution in [-0.4, -0.2) is 45.3 Å². The number of likely N-dealkylation sites (tertiary alicyclic amines) is 1. The molecule has 1 aromatic carbocycles. The lowest BCUT2D eigenvalue weighted by Crippen LogP contribution is -2.46. The largest absolute Gasteiger partial charge is 0.480 e. The SMILES string of the molecule is O=C(O)[C@@H]1CCCN1C(=O)C1=CSC=CN1C(=O)C1CCc2ccccc2C1. The van der Waals surface area contributed by atoms with Crippen molar-refractivity contribution in [2.24, 2.45) is 5.92 Å². The molecule has 7 heteroatoms. The van der Waals surface area contributed by atoms with Crippen molar-refractivity contribution < 1.29 is 19.5 Å². The van der Waals surface area contributed by atoms with Crippen LogP contribution in [0.2, 0.25) is 0 Å². The van der Waals surface area contributed by atoms with Crippen LogP contribution in [0.25, 0.3) is 0 Å². The second-order valence-corrected chi connectivity index (χ2v) is 8.12. The maximum absolute atomic E-state index is 13.2. The number of carboxylic acids is 1. The van der Waals surface area contributed by atoms with Gasteiger partial charge in [-0.25, -0.2) is 4.79 Å². The predicted octanol–water partition coefficient (Wildman–Crippen LogP) is 2.76. The van der Waals surface area contributed by atoms with Crippen molar-refractivity contribution in [2.75, 3.05) is 6.54 Å². The molecule has 1 saturated heterocycles. The quantitative estimate of drug-likeness (QED) is 0.847. The third kappa shape index (κ3) is 3.46. The molecule has 2 heterocycles. The number of hydrogen-bond acceptors (Lipinski definition) is 4. The van der Waals surface area contributed by atoms with Gasteiger partial charge in [0.05, 0.1) is 0 Å². The average molecular weight is 398 g/mol. The topological polar surface area (TPSA) is 77.9 Å². The van der Waals surface area contributed by atoms with Crippen LogP contribution in [0.5, 0.6) is 0 Å². The van der Waals surface area contributed by atoms with Gasteiger partial charge in [0, 0.05) is 24.1 Å². The maximum atomic E-state index is 13.2. The van der Waals surface area contributed by atoms with E-state index in [1.165, 1.54) is 32.7 Å². The number of fused-ring (bicyclic) bond motifs is 1. The third-order valence-electron chi connectivity index (χ3n) is 5.68. The number of hydrogen-bond donors (Lipinski definition) is 1. The van der Waals surface area contributed by atoms with E-state index in [4.69, 9.17) is 0 Å². The number of aliphatic carboxylic acids is 1. The summed E-state index contributed by atoms with van der Waals surface area (Å²) in [6.45, 7) is 0.403. The Kier molecular flexibility index (Phi) is 5.26. The normalized spacial score (nSPS) is 23.9. The molecule has 1 aliphatic carbocycles. The molecule has 0 saturated carbocycles. The van der Waals surface area contributed by atoms with E-state index in [0.29, 0.717) is 25.8 Å². The van der Waals surface area contributed by atoms with Crippen LogP contribution in [-0.2, 0) is 27.2 Å². The van der Waals surface area contributed by atoms with Crippen molar-refractivity contribution in [1.29, 1.82) is 0 Å². The Labute approximate surface area is 167 Å². The average Bonchev–Trinajstić information content (AvgIpc) is 3.22. The third-order valence-corrected chi connectivity index (χ3v) is 6.32. The monoisotopic (exact) mass is 398 g/mol. The van der Waals surface area contributed by atoms with Crippen molar-refractivity contribution in [3.8, 4) is 0 Å².